The highest BCUT2D eigenvalue weighted by Crippen LogP contribution is 2.20. The maximum absolute atomic E-state index is 10.7. The molecule has 4 nitrogen and oxygen atoms in total. The number of hydrogen-bond donors (Lipinski definition) is 1. The minimum absolute atomic E-state index is 0.313. The van der Waals surface area contributed by atoms with Gasteiger partial charge in [0.25, 0.3) is 0 Å². The van der Waals surface area contributed by atoms with Crippen molar-refractivity contribution in [2.75, 3.05) is 6.61 Å². The van der Waals surface area contributed by atoms with E-state index in [-0.39, 0.29) is 5.57 Å². The number of carbonyl (C=O) groups is 1. The number of nitrogens with zero attached hydrogens (tertiary/aromatic N) is 1. The van der Waals surface area contributed by atoms with E-state index in [1.54, 1.807) is 30.3 Å². The summed E-state index contributed by atoms with van der Waals surface area (Å²) in [6.07, 6.45) is 1.30. The first-order valence-electron chi connectivity index (χ1n) is 4.76. The van der Waals surface area contributed by atoms with Crippen LogP contribution in [0.3, 0.4) is 0 Å². The molecule has 0 bridgehead atoms. The van der Waals surface area contributed by atoms with Gasteiger partial charge in [0.05, 0.1) is 6.61 Å². The molecule has 0 radical (unpaired) electrons. The van der Waals surface area contributed by atoms with Gasteiger partial charge in [-0.3, -0.25) is 0 Å². The van der Waals surface area contributed by atoms with Crippen LogP contribution in [0.5, 0.6) is 5.75 Å². The molecule has 0 spiro atoms. The lowest BCUT2D eigenvalue weighted by atomic mass is 10.1. The van der Waals surface area contributed by atoms with E-state index in [0.717, 1.165) is 0 Å². The molecule has 1 aromatic carbocycles. The van der Waals surface area contributed by atoms with Crippen LogP contribution in [0, 0.1) is 11.3 Å². The fourth-order valence-corrected chi connectivity index (χ4v) is 1.18. The Kier molecular flexibility index (Phi) is 4.10. The summed E-state index contributed by atoms with van der Waals surface area (Å²) in [4.78, 5) is 10.7. The summed E-state index contributed by atoms with van der Waals surface area (Å²) >= 11 is 0. The highest BCUT2D eigenvalue weighted by molar-refractivity contribution is 5.96. The van der Waals surface area contributed by atoms with E-state index in [1.165, 1.54) is 6.08 Å². The monoisotopic (exact) mass is 217 g/mol. The second-order valence-corrected chi connectivity index (χ2v) is 2.95. The Morgan fingerprint density at radius 2 is 2.25 bits per heavy atom. The molecule has 16 heavy (non-hydrogen) atoms. The van der Waals surface area contributed by atoms with Gasteiger partial charge < -0.3 is 9.84 Å². The third-order valence-electron chi connectivity index (χ3n) is 1.87. The van der Waals surface area contributed by atoms with Crippen molar-refractivity contribution in [3.8, 4) is 11.8 Å². The molecule has 1 aromatic rings. The number of benzene rings is 1. The molecule has 0 saturated carbocycles. The third-order valence-corrected chi connectivity index (χ3v) is 1.87. The van der Waals surface area contributed by atoms with Crippen LogP contribution in [0.25, 0.3) is 6.08 Å². The van der Waals surface area contributed by atoms with Crippen LogP contribution in [-0.4, -0.2) is 17.7 Å². The zero-order valence-electron chi connectivity index (χ0n) is 8.80. The second-order valence-electron chi connectivity index (χ2n) is 2.95. The zero-order chi connectivity index (χ0) is 12.0. The molecule has 1 N–H and O–H groups in total. The molecule has 4 heteroatoms. The van der Waals surface area contributed by atoms with Gasteiger partial charge in [-0.15, -0.1) is 0 Å². The van der Waals surface area contributed by atoms with E-state index in [0.29, 0.717) is 17.9 Å². The van der Waals surface area contributed by atoms with Gasteiger partial charge in [-0.25, -0.2) is 4.79 Å². The summed E-state index contributed by atoms with van der Waals surface area (Å²) in [5, 5.41) is 17.4. The SMILES string of the molecule is CCOc1ccccc1/C=C(\C#N)C(=O)O. The molecule has 0 unspecified atom stereocenters. The Labute approximate surface area is 93.4 Å². The number of nitriles is 1. The number of hydrogen-bond acceptors (Lipinski definition) is 3. The topological polar surface area (TPSA) is 70.3 Å². The molecule has 0 fully saturated rings. The van der Waals surface area contributed by atoms with Crippen molar-refractivity contribution < 1.29 is 14.6 Å². The summed E-state index contributed by atoms with van der Waals surface area (Å²) in [6.45, 7) is 2.32. The van der Waals surface area contributed by atoms with E-state index in [2.05, 4.69) is 0 Å². The van der Waals surface area contributed by atoms with Gasteiger partial charge in [-0.2, -0.15) is 5.26 Å². The van der Waals surface area contributed by atoms with E-state index >= 15 is 0 Å². The molecule has 0 aliphatic rings. The van der Waals surface area contributed by atoms with Crippen molar-refractivity contribution in [2.45, 2.75) is 6.92 Å². The highest BCUT2D eigenvalue weighted by Gasteiger charge is 2.07. The lowest BCUT2D eigenvalue weighted by Gasteiger charge is -2.06. The van der Waals surface area contributed by atoms with Crippen LogP contribution >= 0.6 is 0 Å². The molecular formula is C12H11NO3. The Bertz CT molecular complexity index is 458. The molecule has 0 atom stereocenters. The number of para-hydroxylation sites is 1. The average Bonchev–Trinajstić information content (AvgIpc) is 2.27. The number of ether oxygens (including phenoxy) is 1. The van der Waals surface area contributed by atoms with Crippen LogP contribution in [0.1, 0.15) is 12.5 Å². The van der Waals surface area contributed by atoms with Gasteiger partial charge in [-0.05, 0) is 19.1 Å². The number of aliphatic carboxylic acids is 1. The number of carboxylic acid groups (broad SMARTS) is 1. The second kappa shape index (κ2) is 5.56. The van der Waals surface area contributed by atoms with Crippen molar-refractivity contribution in [3.63, 3.8) is 0 Å². The molecule has 0 amide bonds. The minimum Gasteiger partial charge on any atom is -0.493 e. The first kappa shape index (κ1) is 11.8. The van der Waals surface area contributed by atoms with Crippen LogP contribution in [-0.2, 0) is 4.79 Å². The maximum Gasteiger partial charge on any atom is 0.346 e. The van der Waals surface area contributed by atoms with Crippen molar-refractivity contribution in [1.29, 1.82) is 5.26 Å². The lowest BCUT2D eigenvalue weighted by Crippen LogP contribution is -1.99. The summed E-state index contributed by atoms with van der Waals surface area (Å²) in [5.41, 5.74) is 0.274. The predicted octanol–water partition coefficient (Wildman–Crippen LogP) is 2.08. The van der Waals surface area contributed by atoms with Crippen molar-refractivity contribution >= 4 is 12.0 Å². The van der Waals surface area contributed by atoms with Crippen LogP contribution < -0.4 is 4.74 Å². The first-order chi connectivity index (χ1) is 7.69. The summed E-state index contributed by atoms with van der Waals surface area (Å²) in [6, 6.07) is 8.60. The Morgan fingerprint density at radius 1 is 1.56 bits per heavy atom. The molecule has 0 heterocycles. The zero-order valence-corrected chi connectivity index (χ0v) is 8.80. The summed E-state index contributed by atoms with van der Waals surface area (Å²) in [5.74, 6) is -0.673. The molecule has 82 valence electrons. The largest absolute Gasteiger partial charge is 0.493 e. The molecule has 0 aliphatic carbocycles. The third kappa shape index (κ3) is 2.85. The molecule has 1 rings (SSSR count). The molecule has 0 aromatic heterocycles. The Balaban J connectivity index is 3.13. The lowest BCUT2D eigenvalue weighted by molar-refractivity contribution is -0.132. The van der Waals surface area contributed by atoms with Crippen LogP contribution in [0.4, 0.5) is 0 Å². The molecular weight excluding hydrogens is 206 g/mol. The highest BCUT2D eigenvalue weighted by atomic mass is 16.5. The van der Waals surface area contributed by atoms with E-state index in [4.69, 9.17) is 15.1 Å². The van der Waals surface area contributed by atoms with Gasteiger partial charge in [0.15, 0.2) is 0 Å². The van der Waals surface area contributed by atoms with Gasteiger partial charge in [-0.1, -0.05) is 18.2 Å². The summed E-state index contributed by atoms with van der Waals surface area (Å²) < 4.78 is 5.32. The van der Waals surface area contributed by atoms with Crippen molar-refractivity contribution in [3.05, 3.63) is 35.4 Å². The van der Waals surface area contributed by atoms with Gasteiger partial charge in [0.2, 0.25) is 0 Å². The summed E-state index contributed by atoms with van der Waals surface area (Å²) in [7, 11) is 0. The quantitative estimate of drug-likeness (QED) is 0.619. The van der Waals surface area contributed by atoms with Gasteiger partial charge >= 0.3 is 5.97 Å². The number of carboxylic acids is 1. The Hall–Kier alpha value is -2.28. The average molecular weight is 217 g/mol. The Morgan fingerprint density at radius 3 is 2.81 bits per heavy atom. The minimum atomic E-state index is -1.24. The van der Waals surface area contributed by atoms with Crippen molar-refractivity contribution in [1.82, 2.24) is 0 Å². The van der Waals surface area contributed by atoms with Crippen LogP contribution in [0.2, 0.25) is 0 Å². The van der Waals surface area contributed by atoms with Gasteiger partial charge in [0, 0.05) is 5.56 Å². The maximum atomic E-state index is 10.7. The number of rotatable bonds is 4. The predicted molar refractivity (Wildman–Crippen MR) is 58.8 cm³/mol. The molecule has 0 saturated heterocycles. The van der Waals surface area contributed by atoms with E-state index < -0.39 is 5.97 Å². The normalized spacial score (nSPS) is 10.6. The first-order valence-corrected chi connectivity index (χ1v) is 4.76. The standard InChI is InChI=1S/C12H11NO3/c1-2-16-11-6-4-3-5-9(11)7-10(8-13)12(14)15/h3-7H,2H2,1H3,(H,14,15)/b10-7+. The van der Waals surface area contributed by atoms with E-state index in [9.17, 15) is 4.79 Å². The van der Waals surface area contributed by atoms with Crippen molar-refractivity contribution in [2.24, 2.45) is 0 Å². The van der Waals surface area contributed by atoms with E-state index in [1.807, 2.05) is 6.92 Å². The fraction of sp³-hybridized carbons (Fsp3) is 0.167. The molecule has 0 aliphatic heterocycles. The fourth-order valence-electron chi connectivity index (χ4n) is 1.18. The van der Waals surface area contributed by atoms with Gasteiger partial charge in [0.1, 0.15) is 17.4 Å². The van der Waals surface area contributed by atoms with Crippen LogP contribution in [0.15, 0.2) is 29.8 Å². The smallest absolute Gasteiger partial charge is 0.346 e.